The van der Waals surface area contributed by atoms with E-state index in [0.717, 1.165) is 47.9 Å². The van der Waals surface area contributed by atoms with Crippen LogP contribution in [0.3, 0.4) is 0 Å². The maximum absolute atomic E-state index is 13.9. The van der Waals surface area contributed by atoms with Gasteiger partial charge in [0.25, 0.3) is 0 Å². The minimum atomic E-state index is -0.690. The summed E-state index contributed by atoms with van der Waals surface area (Å²) in [7, 11) is 0. The van der Waals surface area contributed by atoms with Gasteiger partial charge in [0.1, 0.15) is 11.6 Å². The number of aryl methyl sites for hydroxylation is 2. The Morgan fingerprint density at radius 2 is 1.67 bits per heavy atom. The number of likely N-dealkylation sites (tertiary alicyclic amines) is 1. The summed E-state index contributed by atoms with van der Waals surface area (Å²) in [6, 6.07) is 9.02. The van der Waals surface area contributed by atoms with Crippen LogP contribution in [-0.4, -0.2) is 36.2 Å². The average Bonchev–Trinajstić information content (AvgIpc) is 2.75. The van der Waals surface area contributed by atoms with Crippen LogP contribution in [-0.2, 0) is 17.6 Å². The summed E-state index contributed by atoms with van der Waals surface area (Å²) in [4.78, 5) is 27.2. The van der Waals surface area contributed by atoms with E-state index in [4.69, 9.17) is 0 Å². The van der Waals surface area contributed by atoms with Gasteiger partial charge in [-0.25, -0.2) is 8.78 Å². The molecule has 1 N–H and O–H groups in total. The monoisotopic (exact) mass is 414 g/mol. The molecule has 1 saturated heterocycles. The van der Waals surface area contributed by atoms with Gasteiger partial charge in [0.15, 0.2) is 5.78 Å². The van der Waals surface area contributed by atoms with Crippen molar-refractivity contribution in [3.63, 3.8) is 0 Å². The molecule has 1 aliphatic rings. The number of nitrogens with one attached hydrogen (secondary N) is 1. The Morgan fingerprint density at radius 1 is 1.03 bits per heavy atom. The van der Waals surface area contributed by atoms with Crippen LogP contribution in [0.4, 0.5) is 14.5 Å². The summed E-state index contributed by atoms with van der Waals surface area (Å²) in [6.45, 7) is 5.51. The number of rotatable bonds is 7. The standard InChI is InChI=1S/C24H28F2N2O2/c1-3-16-6-5-7-17(4-2)23(16)27-22(29)15-28-12-10-18(11-13-28)24(30)20-14-19(25)8-9-21(20)26/h5-9,14,18H,3-4,10-13,15H2,1-2H3,(H,27,29). The SMILES string of the molecule is CCc1cccc(CC)c1NC(=O)CN1CCC(C(=O)c2cc(F)ccc2F)CC1. The lowest BCUT2D eigenvalue weighted by Crippen LogP contribution is -2.41. The van der Waals surface area contributed by atoms with Gasteiger partial charge in [-0.2, -0.15) is 0 Å². The van der Waals surface area contributed by atoms with Gasteiger partial charge in [-0.05, 0) is 68.1 Å². The van der Waals surface area contributed by atoms with E-state index in [2.05, 4.69) is 19.2 Å². The Hall–Kier alpha value is -2.60. The van der Waals surface area contributed by atoms with Gasteiger partial charge in [0.05, 0.1) is 12.1 Å². The van der Waals surface area contributed by atoms with Crippen molar-refractivity contribution < 1.29 is 18.4 Å². The molecule has 0 aromatic heterocycles. The molecule has 1 heterocycles. The number of hydrogen-bond acceptors (Lipinski definition) is 3. The van der Waals surface area contributed by atoms with E-state index in [1.54, 1.807) is 0 Å². The predicted molar refractivity (Wildman–Crippen MR) is 114 cm³/mol. The number of carbonyl (C=O) groups is 2. The third-order valence-electron chi connectivity index (χ3n) is 5.78. The predicted octanol–water partition coefficient (Wildman–Crippen LogP) is 4.62. The van der Waals surface area contributed by atoms with Crippen molar-refractivity contribution in [3.05, 3.63) is 64.7 Å². The van der Waals surface area contributed by atoms with E-state index in [0.29, 0.717) is 25.9 Å². The van der Waals surface area contributed by atoms with Crippen LogP contribution in [0.1, 0.15) is 48.2 Å². The first-order chi connectivity index (χ1) is 14.4. The second-order valence-corrected chi connectivity index (χ2v) is 7.75. The largest absolute Gasteiger partial charge is 0.324 e. The zero-order valence-electron chi connectivity index (χ0n) is 17.5. The molecule has 0 spiro atoms. The highest BCUT2D eigenvalue weighted by molar-refractivity contribution is 5.98. The third-order valence-corrected chi connectivity index (χ3v) is 5.78. The topological polar surface area (TPSA) is 49.4 Å². The highest BCUT2D eigenvalue weighted by Crippen LogP contribution is 2.25. The molecule has 2 aromatic rings. The molecule has 1 aliphatic heterocycles. The quantitative estimate of drug-likeness (QED) is 0.673. The molecule has 0 unspecified atom stereocenters. The fourth-order valence-electron chi connectivity index (χ4n) is 4.04. The van der Waals surface area contributed by atoms with Crippen molar-refractivity contribution in [3.8, 4) is 0 Å². The summed E-state index contributed by atoms with van der Waals surface area (Å²) < 4.78 is 27.3. The lowest BCUT2D eigenvalue weighted by molar-refractivity contribution is -0.117. The average molecular weight is 414 g/mol. The molecule has 30 heavy (non-hydrogen) atoms. The number of anilines is 1. The minimum Gasteiger partial charge on any atom is -0.324 e. The fraction of sp³-hybridized carbons (Fsp3) is 0.417. The van der Waals surface area contributed by atoms with Crippen LogP contribution in [0.5, 0.6) is 0 Å². The molecule has 1 amide bonds. The van der Waals surface area contributed by atoms with E-state index >= 15 is 0 Å². The van der Waals surface area contributed by atoms with Gasteiger partial charge in [0, 0.05) is 11.6 Å². The number of ketones is 1. The van der Waals surface area contributed by atoms with Crippen LogP contribution in [0.25, 0.3) is 0 Å². The van der Waals surface area contributed by atoms with Gasteiger partial charge in [-0.15, -0.1) is 0 Å². The van der Waals surface area contributed by atoms with E-state index in [1.165, 1.54) is 0 Å². The van der Waals surface area contributed by atoms with Crippen molar-refractivity contribution >= 4 is 17.4 Å². The summed E-state index contributed by atoms with van der Waals surface area (Å²) in [5, 5.41) is 3.06. The van der Waals surface area contributed by atoms with Crippen LogP contribution >= 0.6 is 0 Å². The number of amides is 1. The highest BCUT2D eigenvalue weighted by atomic mass is 19.1. The van der Waals surface area contributed by atoms with Crippen molar-refractivity contribution in [1.82, 2.24) is 4.90 Å². The zero-order valence-corrected chi connectivity index (χ0v) is 17.5. The van der Waals surface area contributed by atoms with E-state index in [-0.39, 0.29) is 29.7 Å². The van der Waals surface area contributed by atoms with Crippen molar-refractivity contribution in [2.24, 2.45) is 5.92 Å². The number of benzene rings is 2. The Morgan fingerprint density at radius 3 is 2.27 bits per heavy atom. The second kappa shape index (κ2) is 9.94. The highest BCUT2D eigenvalue weighted by Gasteiger charge is 2.28. The molecule has 0 atom stereocenters. The van der Waals surface area contributed by atoms with Crippen molar-refractivity contribution in [2.45, 2.75) is 39.5 Å². The van der Waals surface area contributed by atoms with Gasteiger partial charge in [0.2, 0.25) is 5.91 Å². The van der Waals surface area contributed by atoms with Crippen LogP contribution in [0.15, 0.2) is 36.4 Å². The van der Waals surface area contributed by atoms with E-state index in [1.807, 2.05) is 23.1 Å². The summed E-state index contributed by atoms with van der Waals surface area (Å²) in [5.74, 6) is -2.10. The van der Waals surface area contributed by atoms with E-state index < -0.39 is 11.6 Å². The Kier molecular flexibility index (Phi) is 7.32. The normalized spacial score (nSPS) is 15.2. The van der Waals surface area contributed by atoms with Crippen molar-refractivity contribution in [1.29, 1.82) is 0 Å². The molecule has 2 aromatic carbocycles. The molecule has 0 radical (unpaired) electrons. The van der Waals surface area contributed by atoms with Gasteiger partial charge in [-0.1, -0.05) is 32.0 Å². The molecular formula is C24H28F2N2O2. The molecule has 0 saturated carbocycles. The number of halogens is 2. The number of nitrogens with zero attached hydrogens (tertiary/aromatic N) is 1. The van der Waals surface area contributed by atoms with Gasteiger partial charge in [-0.3, -0.25) is 14.5 Å². The Labute approximate surface area is 176 Å². The van der Waals surface area contributed by atoms with Gasteiger partial charge < -0.3 is 5.32 Å². The molecule has 6 heteroatoms. The van der Waals surface area contributed by atoms with Crippen LogP contribution in [0, 0.1) is 17.6 Å². The number of hydrogen-bond donors (Lipinski definition) is 1. The molecule has 160 valence electrons. The zero-order chi connectivity index (χ0) is 21.7. The minimum absolute atomic E-state index is 0.0773. The molecule has 4 nitrogen and oxygen atoms in total. The number of carbonyl (C=O) groups excluding carboxylic acids is 2. The first kappa shape index (κ1) is 22.1. The lowest BCUT2D eigenvalue weighted by atomic mass is 9.88. The van der Waals surface area contributed by atoms with Crippen LogP contribution < -0.4 is 5.32 Å². The molecule has 0 aliphatic carbocycles. The summed E-state index contributed by atoms with van der Waals surface area (Å²) in [6.07, 6.45) is 2.73. The van der Waals surface area contributed by atoms with Crippen molar-refractivity contribution in [2.75, 3.05) is 25.0 Å². The first-order valence-corrected chi connectivity index (χ1v) is 10.5. The summed E-state index contributed by atoms with van der Waals surface area (Å²) in [5.41, 5.74) is 2.95. The molecule has 1 fully saturated rings. The maximum atomic E-state index is 13.9. The molecular weight excluding hydrogens is 386 g/mol. The molecule has 3 rings (SSSR count). The van der Waals surface area contributed by atoms with E-state index in [9.17, 15) is 18.4 Å². The molecule has 0 bridgehead atoms. The van der Waals surface area contributed by atoms with Gasteiger partial charge >= 0.3 is 0 Å². The fourth-order valence-corrected chi connectivity index (χ4v) is 4.04. The Bertz CT molecular complexity index is 899. The van der Waals surface area contributed by atoms with Crippen LogP contribution in [0.2, 0.25) is 0 Å². The smallest absolute Gasteiger partial charge is 0.238 e. The lowest BCUT2D eigenvalue weighted by Gasteiger charge is -2.31. The number of piperidine rings is 1. The summed E-state index contributed by atoms with van der Waals surface area (Å²) >= 11 is 0. The number of para-hydroxylation sites is 1. The first-order valence-electron chi connectivity index (χ1n) is 10.5. The second-order valence-electron chi connectivity index (χ2n) is 7.75. The Balaban J connectivity index is 1.57. The third kappa shape index (κ3) is 5.11. The maximum Gasteiger partial charge on any atom is 0.238 e. The number of Topliss-reactive ketones (excluding diaryl/α,β-unsaturated/α-hetero) is 1.